The first kappa shape index (κ1) is 13.6. The van der Waals surface area contributed by atoms with Crippen molar-refractivity contribution < 1.29 is 0 Å². The number of rotatable bonds is 6. The van der Waals surface area contributed by atoms with Crippen molar-refractivity contribution in [3.8, 4) is 0 Å². The number of hydrogen-bond donors (Lipinski definition) is 1. The molecule has 102 valence electrons. The van der Waals surface area contributed by atoms with E-state index in [-0.39, 0.29) is 10.6 Å². The van der Waals surface area contributed by atoms with Crippen molar-refractivity contribution in [2.45, 2.75) is 26.4 Å². The molecule has 7 heteroatoms. The average molecular weight is 282 g/mol. The molecule has 0 atom stereocenters. The van der Waals surface area contributed by atoms with Crippen molar-refractivity contribution in [1.29, 1.82) is 0 Å². The third-order valence-electron chi connectivity index (χ3n) is 2.75. The molecule has 0 bridgehead atoms. The van der Waals surface area contributed by atoms with Crippen molar-refractivity contribution in [2.75, 3.05) is 11.9 Å². The zero-order valence-corrected chi connectivity index (χ0v) is 11.5. The first-order chi connectivity index (χ1) is 9.22. The van der Waals surface area contributed by atoms with E-state index in [4.69, 9.17) is 11.6 Å². The topological polar surface area (TPSA) is 64.7 Å². The van der Waals surface area contributed by atoms with Crippen molar-refractivity contribution in [3.63, 3.8) is 0 Å². The monoisotopic (exact) mass is 281 g/mol. The summed E-state index contributed by atoms with van der Waals surface area (Å²) in [4.78, 5) is 15.7. The van der Waals surface area contributed by atoms with E-state index < -0.39 is 0 Å². The second-order valence-corrected chi connectivity index (χ2v) is 4.45. The molecule has 0 amide bonds. The molecule has 19 heavy (non-hydrogen) atoms. The van der Waals surface area contributed by atoms with Gasteiger partial charge in [-0.1, -0.05) is 11.6 Å². The van der Waals surface area contributed by atoms with Crippen LogP contribution in [0.5, 0.6) is 0 Å². The third kappa shape index (κ3) is 3.35. The van der Waals surface area contributed by atoms with Crippen LogP contribution in [-0.4, -0.2) is 25.9 Å². The highest BCUT2D eigenvalue weighted by molar-refractivity contribution is 6.32. The Labute approximate surface area is 116 Å². The molecule has 2 rings (SSSR count). The molecule has 2 heterocycles. The lowest BCUT2D eigenvalue weighted by Crippen LogP contribution is -2.23. The number of imidazole rings is 1. The zero-order valence-electron chi connectivity index (χ0n) is 10.7. The molecule has 0 saturated carbocycles. The Balaban J connectivity index is 1.89. The summed E-state index contributed by atoms with van der Waals surface area (Å²) in [5.41, 5.74) is 0.325. The number of aromatic nitrogens is 4. The van der Waals surface area contributed by atoms with Crippen molar-refractivity contribution in [2.24, 2.45) is 0 Å². The van der Waals surface area contributed by atoms with E-state index in [2.05, 4.69) is 15.4 Å². The highest BCUT2D eigenvalue weighted by Crippen LogP contribution is 2.14. The van der Waals surface area contributed by atoms with Crippen LogP contribution in [0.3, 0.4) is 0 Å². The van der Waals surface area contributed by atoms with E-state index in [1.165, 1.54) is 4.68 Å². The van der Waals surface area contributed by atoms with Crippen molar-refractivity contribution >= 4 is 17.3 Å². The van der Waals surface area contributed by atoms with Gasteiger partial charge in [0.05, 0.1) is 18.2 Å². The maximum absolute atomic E-state index is 11.8. The molecule has 0 aliphatic rings. The van der Waals surface area contributed by atoms with Gasteiger partial charge < -0.3 is 9.88 Å². The molecule has 0 aliphatic heterocycles. The van der Waals surface area contributed by atoms with Gasteiger partial charge in [-0.2, -0.15) is 5.10 Å². The molecule has 6 nitrogen and oxygen atoms in total. The van der Waals surface area contributed by atoms with Gasteiger partial charge in [0.2, 0.25) is 0 Å². The molecule has 0 aromatic carbocycles. The Morgan fingerprint density at radius 3 is 3.00 bits per heavy atom. The molecule has 0 aliphatic carbocycles. The zero-order chi connectivity index (χ0) is 13.7. The second-order valence-electron chi connectivity index (χ2n) is 4.07. The van der Waals surface area contributed by atoms with Gasteiger partial charge in [0, 0.05) is 32.0 Å². The first-order valence-electron chi connectivity index (χ1n) is 6.17. The summed E-state index contributed by atoms with van der Waals surface area (Å²) in [6.07, 6.45) is 7.93. The van der Waals surface area contributed by atoms with Crippen LogP contribution in [0.1, 0.15) is 13.3 Å². The predicted octanol–water partition coefficient (Wildman–Crippen LogP) is 1.62. The fourth-order valence-corrected chi connectivity index (χ4v) is 1.93. The molecule has 0 radical (unpaired) electrons. The lowest BCUT2D eigenvalue weighted by atomic mass is 10.4. The van der Waals surface area contributed by atoms with Gasteiger partial charge in [0.1, 0.15) is 5.02 Å². The predicted molar refractivity (Wildman–Crippen MR) is 74.5 cm³/mol. The second kappa shape index (κ2) is 6.38. The molecule has 0 unspecified atom stereocenters. The smallest absolute Gasteiger partial charge is 0.287 e. The summed E-state index contributed by atoms with van der Waals surface area (Å²) in [6.45, 7) is 3.95. The summed E-state index contributed by atoms with van der Waals surface area (Å²) >= 11 is 6.00. The largest absolute Gasteiger partial charge is 0.382 e. The number of hydrogen-bond acceptors (Lipinski definition) is 4. The quantitative estimate of drug-likeness (QED) is 0.817. The van der Waals surface area contributed by atoms with Gasteiger partial charge in [-0.15, -0.1) is 0 Å². The van der Waals surface area contributed by atoms with Crippen LogP contribution in [0, 0.1) is 0 Å². The van der Waals surface area contributed by atoms with Crippen LogP contribution in [0.25, 0.3) is 0 Å². The van der Waals surface area contributed by atoms with E-state index >= 15 is 0 Å². The summed E-state index contributed by atoms with van der Waals surface area (Å²) in [7, 11) is 0. The number of halogens is 1. The standard InChI is InChI=1S/C12H16ClN5O/c1-2-18-12(19)11(13)10(8-16-18)15-4-3-6-17-7-5-14-9-17/h5,7-9,15H,2-4,6H2,1H3. The van der Waals surface area contributed by atoms with Gasteiger partial charge in [-0.3, -0.25) is 4.79 Å². The molecule has 0 spiro atoms. The van der Waals surface area contributed by atoms with E-state index in [9.17, 15) is 4.79 Å². The summed E-state index contributed by atoms with van der Waals surface area (Å²) < 4.78 is 3.33. The molecular formula is C12H16ClN5O. The lowest BCUT2D eigenvalue weighted by Gasteiger charge is -2.09. The Bertz CT molecular complexity index is 578. The molecular weight excluding hydrogens is 266 g/mol. The first-order valence-corrected chi connectivity index (χ1v) is 6.55. The van der Waals surface area contributed by atoms with Crippen LogP contribution >= 0.6 is 11.6 Å². The minimum atomic E-state index is -0.260. The normalized spacial score (nSPS) is 10.6. The van der Waals surface area contributed by atoms with Gasteiger partial charge in [-0.25, -0.2) is 9.67 Å². The van der Waals surface area contributed by atoms with E-state index in [1.54, 1.807) is 18.7 Å². The summed E-state index contributed by atoms with van der Waals surface area (Å²) in [5.74, 6) is 0. The Morgan fingerprint density at radius 1 is 1.47 bits per heavy atom. The van der Waals surface area contributed by atoms with Gasteiger partial charge in [0.25, 0.3) is 5.56 Å². The Hall–Kier alpha value is -1.82. The minimum Gasteiger partial charge on any atom is -0.382 e. The third-order valence-corrected chi connectivity index (χ3v) is 3.12. The van der Waals surface area contributed by atoms with Gasteiger partial charge >= 0.3 is 0 Å². The van der Waals surface area contributed by atoms with Crippen LogP contribution < -0.4 is 10.9 Å². The molecule has 0 saturated heterocycles. The SMILES string of the molecule is CCn1ncc(NCCCn2ccnc2)c(Cl)c1=O. The van der Waals surface area contributed by atoms with Crippen LogP contribution in [0.2, 0.25) is 5.02 Å². The Morgan fingerprint density at radius 2 is 2.32 bits per heavy atom. The molecule has 2 aromatic rings. The Kier molecular flexibility index (Phi) is 4.57. The maximum atomic E-state index is 11.8. The number of nitrogens with zero attached hydrogens (tertiary/aromatic N) is 4. The molecule has 1 N–H and O–H groups in total. The minimum absolute atomic E-state index is 0.194. The summed E-state index contributed by atoms with van der Waals surface area (Å²) in [5, 5.41) is 7.35. The van der Waals surface area contributed by atoms with Crippen LogP contribution in [0.4, 0.5) is 5.69 Å². The van der Waals surface area contributed by atoms with Crippen molar-refractivity contribution in [3.05, 3.63) is 40.3 Å². The highest BCUT2D eigenvalue weighted by atomic mass is 35.5. The fourth-order valence-electron chi connectivity index (χ4n) is 1.72. The van der Waals surface area contributed by atoms with Crippen molar-refractivity contribution in [1.82, 2.24) is 19.3 Å². The van der Waals surface area contributed by atoms with Crippen LogP contribution in [-0.2, 0) is 13.1 Å². The fraction of sp³-hybridized carbons (Fsp3) is 0.417. The van der Waals surface area contributed by atoms with Gasteiger partial charge in [0.15, 0.2) is 0 Å². The van der Waals surface area contributed by atoms with E-state index in [0.29, 0.717) is 12.2 Å². The van der Waals surface area contributed by atoms with Crippen LogP contribution in [0.15, 0.2) is 29.7 Å². The van der Waals surface area contributed by atoms with Gasteiger partial charge in [-0.05, 0) is 13.3 Å². The number of nitrogens with one attached hydrogen (secondary N) is 1. The lowest BCUT2D eigenvalue weighted by molar-refractivity contribution is 0.615. The number of aryl methyl sites for hydroxylation is 2. The van der Waals surface area contributed by atoms with E-state index in [0.717, 1.165) is 19.5 Å². The van der Waals surface area contributed by atoms with E-state index in [1.807, 2.05) is 17.7 Å². The average Bonchev–Trinajstić information content (AvgIpc) is 2.92. The number of anilines is 1. The highest BCUT2D eigenvalue weighted by Gasteiger charge is 2.07. The summed E-state index contributed by atoms with van der Waals surface area (Å²) in [6, 6.07) is 0. The molecule has 0 fully saturated rings. The maximum Gasteiger partial charge on any atom is 0.287 e. The molecule has 2 aromatic heterocycles.